The molecule has 1 aliphatic rings. The van der Waals surface area contributed by atoms with Crippen LogP contribution in [0.1, 0.15) is 26.2 Å². The third kappa shape index (κ3) is 4.87. The Balaban J connectivity index is 0.00000190. The number of likely N-dealkylation sites (N-methyl/N-ethyl adjacent to an activating group) is 1. The summed E-state index contributed by atoms with van der Waals surface area (Å²) in [6, 6.07) is 7.57. The Kier molecular flexibility index (Phi) is 6.19. The summed E-state index contributed by atoms with van der Waals surface area (Å²) in [6.07, 6.45) is 6.88. The van der Waals surface area contributed by atoms with Crippen molar-refractivity contribution in [3.8, 4) is 10.8 Å². The van der Waals surface area contributed by atoms with Crippen LogP contribution < -0.4 is 15.4 Å². The minimum Gasteiger partial charge on any atom is -0.457 e. The number of nitrogens with zero attached hydrogens (tertiary/aromatic N) is 3. The molecule has 0 unspecified atom stereocenters. The van der Waals surface area contributed by atoms with Gasteiger partial charge in [-0.3, -0.25) is 9.59 Å². The monoisotopic (exact) mass is 493 g/mol. The second-order valence-corrected chi connectivity index (χ2v) is 8.96. The van der Waals surface area contributed by atoms with Gasteiger partial charge < -0.3 is 24.7 Å². The summed E-state index contributed by atoms with van der Waals surface area (Å²) in [5.41, 5.74) is 4.75. The number of aryl methyl sites for hydroxylation is 1. The number of amides is 2. The Bertz CT molecular complexity index is 1440. The SMILES string of the molecule is Cc1oc2c(Oc3cncs3)cccc2c1CN(C)C(=O)/C=C/c1cnc2c(c1)NCCC(=O)N2.[HH].[HH]. The largest absolute Gasteiger partial charge is 0.457 e. The van der Waals surface area contributed by atoms with Crippen molar-refractivity contribution in [2.45, 2.75) is 19.9 Å². The van der Waals surface area contributed by atoms with Crippen molar-refractivity contribution in [3.05, 3.63) is 65.1 Å². The zero-order valence-electron chi connectivity index (χ0n) is 19.2. The number of rotatable bonds is 6. The number of para-hydroxylation sites is 1. The molecular formula is C25H27N5O4S. The number of aromatic nitrogens is 2. The molecule has 10 heteroatoms. The molecule has 0 fully saturated rings. The zero-order valence-corrected chi connectivity index (χ0v) is 20.0. The molecular weight excluding hydrogens is 466 g/mol. The quantitative estimate of drug-likeness (QED) is 0.351. The van der Waals surface area contributed by atoms with E-state index in [0.29, 0.717) is 41.7 Å². The Morgan fingerprint density at radius 3 is 3.09 bits per heavy atom. The lowest BCUT2D eigenvalue weighted by molar-refractivity contribution is -0.125. The van der Waals surface area contributed by atoms with Crippen molar-refractivity contribution < 1.29 is 21.6 Å². The molecule has 0 radical (unpaired) electrons. The van der Waals surface area contributed by atoms with Gasteiger partial charge in [-0.25, -0.2) is 9.97 Å². The lowest BCUT2D eigenvalue weighted by atomic mass is 10.1. The van der Waals surface area contributed by atoms with Crippen LogP contribution in [0.15, 0.2) is 52.7 Å². The summed E-state index contributed by atoms with van der Waals surface area (Å²) >= 11 is 1.40. The van der Waals surface area contributed by atoms with Gasteiger partial charge in [-0.15, -0.1) is 0 Å². The summed E-state index contributed by atoms with van der Waals surface area (Å²) in [7, 11) is 1.75. The Morgan fingerprint density at radius 1 is 1.37 bits per heavy atom. The summed E-state index contributed by atoms with van der Waals surface area (Å²) < 4.78 is 11.9. The molecule has 1 aromatic carbocycles. The van der Waals surface area contributed by atoms with Gasteiger partial charge in [0.15, 0.2) is 17.2 Å². The standard InChI is InChI=1S/C25H23N5O4S.2H2/c1-15-18(17-4-3-5-20(24(17)33-15)34-23-12-26-14-35-23)13-30(2)22(32)7-6-16-10-19-25(28-11-16)29-21(31)8-9-27-19;;/h3-7,10-12,14,27H,8-9,13H2,1-2H3,(H,28,29,31);2*1H/b7-6+;;. The average molecular weight is 494 g/mol. The first-order valence-corrected chi connectivity index (χ1v) is 11.9. The van der Waals surface area contributed by atoms with Crippen molar-refractivity contribution in [1.82, 2.24) is 14.9 Å². The van der Waals surface area contributed by atoms with Gasteiger partial charge >= 0.3 is 0 Å². The highest BCUT2D eigenvalue weighted by molar-refractivity contribution is 7.11. The van der Waals surface area contributed by atoms with Crippen LogP contribution >= 0.6 is 11.3 Å². The maximum absolute atomic E-state index is 12.8. The van der Waals surface area contributed by atoms with Crippen LogP contribution in [-0.4, -0.2) is 40.3 Å². The first kappa shape index (κ1) is 22.6. The number of ether oxygens (including phenoxy) is 1. The molecule has 4 aromatic rings. The Hall–Kier alpha value is -4.18. The van der Waals surface area contributed by atoms with Crippen LogP contribution in [0.3, 0.4) is 0 Å². The van der Waals surface area contributed by atoms with E-state index in [0.717, 1.165) is 28.0 Å². The molecule has 0 bridgehead atoms. The van der Waals surface area contributed by atoms with Gasteiger partial charge in [0, 0.05) is 52.6 Å². The maximum atomic E-state index is 12.8. The number of fused-ring (bicyclic) bond motifs is 2. The summed E-state index contributed by atoms with van der Waals surface area (Å²) in [5.74, 6) is 1.59. The van der Waals surface area contributed by atoms with Gasteiger partial charge in [0.05, 0.1) is 17.4 Å². The van der Waals surface area contributed by atoms with E-state index in [4.69, 9.17) is 9.15 Å². The topological polar surface area (TPSA) is 110 Å². The lowest BCUT2D eigenvalue weighted by Crippen LogP contribution is -2.24. The van der Waals surface area contributed by atoms with E-state index in [1.165, 1.54) is 17.4 Å². The summed E-state index contributed by atoms with van der Waals surface area (Å²) in [4.78, 5) is 34.5. The molecule has 182 valence electrons. The molecule has 0 saturated carbocycles. The number of benzene rings is 1. The van der Waals surface area contributed by atoms with E-state index < -0.39 is 0 Å². The Labute approximate surface area is 208 Å². The lowest BCUT2D eigenvalue weighted by Gasteiger charge is -2.15. The van der Waals surface area contributed by atoms with Gasteiger partial charge in [-0.05, 0) is 30.7 Å². The second-order valence-electron chi connectivity index (χ2n) is 8.11. The number of thiazole rings is 1. The highest BCUT2D eigenvalue weighted by Crippen LogP contribution is 2.36. The summed E-state index contributed by atoms with van der Waals surface area (Å²) in [6.45, 7) is 2.79. The predicted octanol–water partition coefficient (Wildman–Crippen LogP) is 5.30. The van der Waals surface area contributed by atoms with Crippen molar-refractivity contribution in [2.24, 2.45) is 0 Å². The number of nitrogens with one attached hydrogen (secondary N) is 2. The maximum Gasteiger partial charge on any atom is 0.246 e. The smallest absolute Gasteiger partial charge is 0.246 e. The molecule has 35 heavy (non-hydrogen) atoms. The average Bonchev–Trinajstić information content (AvgIpc) is 3.42. The van der Waals surface area contributed by atoms with Crippen LogP contribution in [0.2, 0.25) is 0 Å². The molecule has 0 saturated heterocycles. The zero-order chi connectivity index (χ0) is 24.4. The van der Waals surface area contributed by atoms with Gasteiger partial charge in [-0.2, -0.15) is 0 Å². The molecule has 2 N–H and O–H groups in total. The molecule has 0 atom stereocenters. The van der Waals surface area contributed by atoms with E-state index in [-0.39, 0.29) is 14.7 Å². The molecule has 4 heterocycles. The molecule has 0 aliphatic carbocycles. The highest BCUT2D eigenvalue weighted by Gasteiger charge is 2.18. The number of carbonyl (C=O) groups excluding carboxylic acids is 2. The van der Waals surface area contributed by atoms with Crippen molar-refractivity contribution in [3.63, 3.8) is 0 Å². The highest BCUT2D eigenvalue weighted by atomic mass is 32.1. The minimum absolute atomic E-state index is 0. The number of furan rings is 1. The van der Waals surface area contributed by atoms with E-state index in [1.54, 1.807) is 35.9 Å². The first-order valence-electron chi connectivity index (χ1n) is 11.0. The fraction of sp³-hybridized carbons (Fsp3) is 0.200. The van der Waals surface area contributed by atoms with E-state index in [2.05, 4.69) is 20.6 Å². The molecule has 1 aliphatic heterocycles. The van der Waals surface area contributed by atoms with E-state index in [1.807, 2.05) is 31.2 Å². The van der Waals surface area contributed by atoms with Crippen molar-refractivity contribution >= 4 is 51.7 Å². The van der Waals surface area contributed by atoms with Gasteiger partial charge in [0.1, 0.15) is 5.76 Å². The number of pyridine rings is 1. The van der Waals surface area contributed by atoms with E-state index in [9.17, 15) is 9.59 Å². The van der Waals surface area contributed by atoms with Crippen LogP contribution in [0.25, 0.3) is 17.0 Å². The number of hydrogen-bond acceptors (Lipinski definition) is 8. The third-order valence-electron chi connectivity index (χ3n) is 5.63. The fourth-order valence-corrected chi connectivity index (χ4v) is 4.31. The molecule has 5 rings (SSSR count). The van der Waals surface area contributed by atoms with Crippen molar-refractivity contribution in [1.29, 1.82) is 0 Å². The number of anilines is 2. The minimum atomic E-state index is -0.160. The molecule has 3 aromatic heterocycles. The number of carbonyl (C=O) groups is 2. The van der Waals surface area contributed by atoms with E-state index >= 15 is 0 Å². The molecule has 2 amide bonds. The third-order valence-corrected chi connectivity index (χ3v) is 6.28. The van der Waals surface area contributed by atoms with Gasteiger partial charge in [-0.1, -0.05) is 23.5 Å². The first-order chi connectivity index (χ1) is 17.0. The van der Waals surface area contributed by atoms with Gasteiger partial charge in [0.25, 0.3) is 0 Å². The fourth-order valence-electron chi connectivity index (χ4n) is 3.82. The van der Waals surface area contributed by atoms with Crippen molar-refractivity contribution in [2.75, 3.05) is 24.2 Å². The normalized spacial score (nSPS) is 13.3. The van der Waals surface area contributed by atoms with Crippen LogP contribution in [0, 0.1) is 6.92 Å². The molecule has 9 nitrogen and oxygen atoms in total. The second kappa shape index (κ2) is 9.59. The van der Waals surface area contributed by atoms with Crippen LogP contribution in [0.4, 0.5) is 11.5 Å². The van der Waals surface area contributed by atoms with Crippen LogP contribution in [0.5, 0.6) is 10.8 Å². The summed E-state index contributed by atoms with van der Waals surface area (Å²) in [5, 5.41) is 7.52. The number of hydrogen-bond donors (Lipinski definition) is 2. The Morgan fingerprint density at radius 2 is 2.26 bits per heavy atom. The molecule has 0 spiro atoms. The predicted molar refractivity (Wildman–Crippen MR) is 139 cm³/mol. The van der Waals surface area contributed by atoms with Gasteiger partial charge in [0.2, 0.25) is 16.9 Å². The van der Waals surface area contributed by atoms with Crippen LogP contribution in [-0.2, 0) is 16.1 Å².